The summed E-state index contributed by atoms with van der Waals surface area (Å²) in [6.07, 6.45) is -2.76. The number of carbonyl (C=O) groups is 1. The van der Waals surface area contributed by atoms with E-state index < -0.39 is 11.9 Å². The topological polar surface area (TPSA) is 41.6 Å². The van der Waals surface area contributed by atoms with Crippen LogP contribution in [0.1, 0.15) is 25.8 Å². The number of carbonyl (C=O) groups excluding carboxylic acids is 1. The van der Waals surface area contributed by atoms with Gasteiger partial charge in [0.05, 0.1) is 6.20 Å². The van der Waals surface area contributed by atoms with Crippen molar-refractivity contribution in [2.24, 2.45) is 5.92 Å². The maximum atomic E-state index is 12.5. The Labute approximate surface area is 132 Å². The van der Waals surface area contributed by atoms with Gasteiger partial charge in [0, 0.05) is 18.2 Å². The smallest absolute Gasteiger partial charge is 0.450 e. The second kappa shape index (κ2) is 6.93. The summed E-state index contributed by atoms with van der Waals surface area (Å²) >= 11 is 0. The van der Waals surface area contributed by atoms with Crippen molar-refractivity contribution in [3.05, 3.63) is 41.8 Å². The van der Waals surface area contributed by atoms with E-state index in [1.165, 1.54) is 4.90 Å². The fraction of sp³-hybridized carbons (Fsp3) is 0.438. The second-order valence-electron chi connectivity index (χ2n) is 5.43. The van der Waals surface area contributed by atoms with Crippen LogP contribution in [0.3, 0.4) is 0 Å². The molecule has 1 aliphatic heterocycles. The molecular formula is C16H19F3N2O2. The van der Waals surface area contributed by atoms with Crippen molar-refractivity contribution >= 4 is 11.6 Å². The molecule has 1 atom stereocenters. The number of hydrogen-bond donors (Lipinski definition) is 1. The maximum absolute atomic E-state index is 12.5. The van der Waals surface area contributed by atoms with E-state index in [4.69, 9.17) is 0 Å². The summed E-state index contributed by atoms with van der Waals surface area (Å²) in [5.41, 5.74) is 1.48. The van der Waals surface area contributed by atoms with Crippen molar-refractivity contribution in [2.75, 3.05) is 11.6 Å². The van der Waals surface area contributed by atoms with Crippen molar-refractivity contribution in [3.63, 3.8) is 0 Å². The van der Waals surface area contributed by atoms with Gasteiger partial charge in [-0.05, 0) is 24.1 Å². The Bertz CT molecular complexity index is 582. The molecule has 1 unspecified atom stereocenters. The van der Waals surface area contributed by atoms with Crippen LogP contribution in [0.15, 0.2) is 36.2 Å². The van der Waals surface area contributed by atoms with E-state index in [2.05, 4.69) is 10.1 Å². The van der Waals surface area contributed by atoms with E-state index in [-0.39, 0.29) is 18.6 Å². The molecule has 2 rings (SSSR count). The monoisotopic (exact) mass is 328 g/mol. The summed E-state index contributed by atoms with van der Waals surface area (Å²) in [5, 5.41) is 2.83. The Balaban J connectivity index is 1.95. The highest BCUT2D eigenvalue weighted by Crippen LogP contribution is 2.32. The van der Waals surface area contributed by atoms with E-state index in [9.17, 15) is 18.0 Å². The number of anilines is 1. The molecule has 0 spiro atoms. The summed E-state index contributed by atoms with van der Waals surface area (Å²) in [6.45, 7) is 4.03. The van der Waals surface area contributed by atoms with Crippen LogP contribution >= 0.6 is 0 Å². The van der Waals surface area contributed by atoms with Gasteiger partial charge in [-0.15, -0.1) is 0 Å². The van der Waals surface area contributed by atoms with E-state index in [1.54, 1.807) is 24.3 Å². The molecule has 0 saturated heterocycles. The Morgan fingerprint density at radius 1 is 1.35 bits per heavy atom. The van der Waals surface area contributed by atoms with Crippen LogP contribution in [0, 0.1) is 5.92 Å². The zero-order valence-electron chi connectivity index (χ0n) is 13.0. The number of allylic oxidation sites excluding steroid dienone is 1. The lowest BCUT2D eigenvalue weighted by atomic mass is 10.1. The van der Waals surface area contributed by atoms with Crippen molar-refractivity contribution in [1.29, 1.82) is 0 Å². The van der Waals surface area contributed by atoms with E-state index in [0.717, 1.165) is 18.2 Å². The fourth-order valence-electron chi connectivity index (χ4n) is 2.01. The first-order chi connectivity index (χ1) is 10.8. The van der Waals surface area contributed by atoms with Gasteiger partial charge >= 0.3 is 6.18 Å². The van der Waals surface area contributed by atoms with Crippen molar-refractivity contribution in [2.45, 2.75) is 33.0 Å². The Morgan fingerprint density at radius 3 is 2.52 bits per heavy atom. The van der Waals surface area contributed by atoms with Gasteiger partial charge in [-0.25, -0.2) is 0 Å². The first kappa shape index (κ1) is 17.2. The van der Waals surface area contributed by atoms with Crippen LogP contribution in [0.4, 0.5) is 18.9 Å². The highest BCUT2D eigenvalue weighted by Gasteiger charge is 2.39. The molecular weight excluding hydrogens is 309 g/mol. The highest BCUT2D eigenvalue weighted by molar-refractivity contribution is 5.78. The first-order valence-electron chi connectivity index (χ1n) is 7.36. The number of hydrogen-bond acceptors (Lipinski definition) is 3. The van der Waals surface area contributed by atoms with Crippen molar-refractivity contribution in [1.82, 2.24) is 5.32 Å². The largest absolute Gasteiger partial charge is 0.466 e. The number of nitrogens with zero attached hydrogens (tertiary/aromatic N) is 1. The van der Waals surface area contributed by atoms with Crippen molar-refractivity contribution in [3.8, 4) is 0 Å². The highest BCUT2D eigenvalue weighted by atomic mass is 19.4. The summed E-state index contributed by atoms with van der Waals surface area (Å²) in [7, 11) is 0. The van der Waals surface area contributed by atoms with Gasteiger partial charge < -0.3 is 15.0 Å². The molecule has 1 heterocycles. The zero-order valence-corrected chi connectivity index (χ0v) is 13.0. The number of nitrogens with one attached hydrogen (secondary N) is 1. The van der Waals surface area contributed by atoms with Crippen LogP contribution in [0.25, 0.3) is 0 Å². The van der Waals surface area contributed by atoms with E-state index >= 15 is 0 Å². The molecule has 7 heteroatoms. The van der Waals surface area contributed by atoms with E-state index in [0.29, 0.717) is 12.2 Å². The summed E-state index contributed by atoms with van der Waals surface area (Å²) in [6, 6.07) is 6.94. The lowest BCUT2D eigenvalue weighted by Gasteiger charge is -2.14. The molecule has 1 aromatic rings. The van der Waals surface area contributed by atoms with Gasteiger partial charge in [0.25, 0.3) is 0 Å². The molecule has 1 amide bonds. The van der Waals surface area contributed by atoms with Crippen LogP contribution in [0.5, 0.6) is 0 Å². The second-order valence-corrected chi connectivity index (χ2v) is 5.43. The number of amides is 1. The third kappa shape index (κ3) is 4.40. The minimum atomic E-state index is -4.48. The maximum Gasteiger partial charge on any atom is 0.450 e. The summed E-state index contributed by atoms with van der Waals surface area (Å²) in [4.78, 5) is 13.1. The van der Waals surface area contributed by atoms with Crippen molar-refractivity contribution < 1.29 is 22.7 Å². The molecule has 0 saturated carbocycles. The molecule has 0 bridgehead atoms. The molecule has 23 heavy (non-hydrogen) atoms. The minimum absolute atomic E-state index is 0.0118. The number of halogens is 3. The average Bonchev–Trinajstić information content (AvgIpc) is 3.02. The van der Waals surface area contributed by atoms with Gasteiger partial charge in [0.15, 0.2) is 6.73 Å². The SMILES string of the molecule is CCC(C)C(=O)NCc1ccc(N2C=C(C(F)(F)F)OC2)cc1. The standard InChI is InChI=1S/C16H19F3N2O2/c1-3-11(2)15(22)20-8-12-4-6-13(7-5-12)21-9-14(23-10-21)16(17,18)19/h4-7,9,11H,3,8,10H2,1-2H3,(H,20,22). The number of ether oxygens (including phenoxy) is 1. The lowest BCUT2D eigenvalue weighted by Crippen LogP contribution is -2.28. The van der Waals surface area contributed by atoms with E-state index in [1.807, 2.05) is 13.8 Å². The first-order valence-corrected chi connectivity index (χ1v) is 7.36. The van der Waals surface area contributed by atoms with Gasteiger partial charge in [0.1, 0.15) is 0 Å². The fourth-order valence-corrected chi connectivity index (χ4v) is 2.01. The van der Waals surface area contributed by atoms with Gasteiger partial charge in [-0.2, -0.15) is 13.2 Å². The molecule has 126 valence electrons. The van der Waals surface area contributed by atoms with Crippen LogP contribution in [0.2, 0.25) is 0 Å². The molecule has 1 N–H and O–H groups in total. The number of rotatable bonds is 5. The third-order valence-corrected chi connectivity index (χ3v) is 3.71. The normalized spacial score (nSPS) is 15.9. The summed E-state index contributed by atoms with van der Waals surface area (Å²) < 4.78 is 42.2. The minimum Gasteiger partial charge on any atom is -0.466 e. The molecule has 0 fully saturated rings. The lowest BCUT2D eigenvalue weighted by molar-refractivity contribution is -0.126. The quantitative estimate of drug-likeness (QED) is 0.899. The van der Waals surface area contributed by atoms with Crippen LogP contribution < -0.4 is 10.2 Å². The van der Waals surface area contributed by atoms with Gasteiger partial charge in [0.2, 0.25) is 11.7 Å². The third-order valence-electron chi connectivity index (χ3n) is 3.71. The number of alkyl halides is 3. The molecule has 1 aromatic carbocycles. The molecule has 4 nitrogen and oxygen atoms in total. The molecule has 1 aliphatic rings. The molecule has 0 aromatic heterocycles. The Morgan fingerprint density at radius 2 is 2.00 bits per heavy atom. The van der Waals surface area contributed by atoms with Crippen LogP contribution in [-0.4, -0.2) is 18.8 Å². The van der Waals surface area contributed by atoms with Crippen LogP contribution in [-0.2, 0) is 16.1 Å². The van der Waals surface area contributed by atoms with Gasteiger partial charge in [-0.3, -0.25) is 4.79 Å². The average molecular weight is 328 g/mol. The summed E-state index contributed by atoms with van der Waals surface area (Å²) in [5.74, 6) is -1.05. The predicted octanol–water partition coefficient (Wildman–Crippen LogP) is 3.55. The molecule has 0 aliphatic carbocycles. The zero-order chi connectivity index (χ0) is 17.0. The Hall–Kier alpha value is -2.18. The Kier molecular flexibility index (Phi) is 5.18. The van der Waals surface area contributed by atoms with Gasteiger partial charge in [-0.1, -0.05) is 26.0 Å². The number of benzene rings is 1. The predicted molar refractivity (Wildman–Crippen MR) is 80.3 cm³/mol. The molecule has 0 radical (unpaired) electrons.